The van der Waals surface area contributed by atoms with Crippen molar-refractivity contribution in [3.8, 4) is 11.5 Å². The predicted molar refractivity (Wildman–Crippen MR) is 67.4 cm³/mol. The van der Waals surface area contributed by atoms with Crippen molar-refractivity contribution in [3.05, 3.63) is 24.3 Å². The molecule has 0 saturated heterocycles. The number of hydrogen-bond donors (Lipinski definition) is 2. The van der Waals surface area contributed by atoms with Gasteiger partial charge in [0.25, 0.3) is 0 Å². The molecule has 4 nitrogen and oxygen atoms in total. The van der Waals surface area contributed by atoms with Gasteiger partial charge in [-0.15, -0.1) is 0 Å². The summed E-state index contributed by atoms with van der Waals surface area (Å²) >= 11 is 0. The third-order valence-electron chi connectivity index (χ3n) is 2.24. The molecule has 0 fully saturated rings. The zero-order valence-corrected chi connectivity index (χ0v) is 10.6. The topological polar surface area (TPSA) is 50.7 Å². The Kier molecular flexibility index (Phi) is 5.80. The van der Waals surface area contributed by atoms with Crippen molar-refractivity contribution < 1.29 is 14.6 Å². The van der Waals surface area contributed by atoms with Gasteiger partial charge in [0.1, 0.15) is 6.23 Å². The average Bonchev–Trinajstić information content (AvgIpc) is 2.28. The summed E-state index contributed by atoms with van der Waals surface area (Å²) in [6, 6.07) is 7.73. The van der Waals surface area contributed by atoms with E-state index >= 15 is 0 Å². The van der Waals surface area contributed by atoms with E-state index in [1.165, 1.54) is 0 Å². The SMILES string of the molecule is COc1ccccc1OCCC(O)NC(C)C. The van der Waals surface area contributed by atoms with Crippen molar-refractivity contribution in [2.75, 3.05) is 13.7 Å². The van der Waals surface area contributed by atoms with Gasteiger partial charge < -0.3 is 14.6 Å². The van der Waals surface area contributed by atoms with E-state index in [2.05, 4.69) is 5.32 Å². The van der Waals surface area contributed by atoms with Crippen LogP contribution < -0.4 is 14.8 Å². The lowest BCUT2D eigenvalue weighted by Crippen LogP contribution is -2.35. The number of benzene rings is 1. The van der Waals surface area contributed by atoms with Gasteiger partial charge in [-0.2, -0.15) is 0 Å². The zero-order valence-electron chi connectivity index (χ0n) is 10.6. The minimum Gasteiger partial charge on any atom is -0.493 e. The molecular formula is C13H21NO3. The Morgan fingerprint density at radius 1 is 1.24 bits per heavy atom. The summed E-state index contributed by atoms with van der Waals surface area (Å²) in [5, 5.41) is 12.6. The van der Waals surface area contributed by atoms with Crippen LogP contribution in [0.3, 0.4) is 0 Å². The minimum atomic E-state index is -0.537. The Balaban J connectivity index is 2.35. The summed E-state index contributed by atoms with van der Waals surface area (Å²) in [6.45, 7) is 4.43. The molecule has 0 radical (unpaired) electrons. The summed E-state index contributed by atoms with van der Waals surface area (Å²) in [5.41, 5.74) is 0. The lowest BCUT2D eigenvalue weighted by atomic mass is 10.3. The van der Waals surface area contributed by atoms with E-state index in [1.54, 1.807) is 7.11 Å². The number of nitrogens with one attached hydrogen (secondary N) is 1. The highest BCUT2D eigenvalue weighted by atomic mass is 16.5. The molecule has 0 amide bonds. The third-order valence-corrected chi connectivity index (χ3v) is 2.24. The molecule has 0 aromatic heterocycles. The van der Waals surface area contributed by atoms with Crippen LogP contribution in [0.15, 0.2) is 24.3 Å². The second kappa shape index (κ2) is 7.14. The van der Waals surface area contributed by atoms with Crippen molar-refractivity contribution in [3.63, 3.8) is 0 Å². The standard InChI is InChI=1S/C13H21NO3/c1-10(2)14-13(15)8-9-17-12-7-5-4-6-11(12)16-3/h4-7,10,13-15H,8-9H2,1-3H3. The maximum Gasteiger partial charge on any atom is 0.161 e. The first-order valence-corrected chi connectivity index (χ1v) is 5.83. The van der Waals surface area contributed by atoms with Crippen LogP contribution in [0.2, 0.25) is 0 Å². The Labute approximate surface area is 103 Å². The summed E-state index contributed by atoms with van der Waals surface area (Å²) < 4.78 is 10.7. The van der Waals surface area contributed by atoms with E-state index in [1.807, 2.05) is 38.1 Å². The quantitative estimate of drug-likeness (QED) is 0.712. The Morgan fingerprint density at radius 2 is 1.88 bits per heavy atom. The van der Waals surface area contributed by atoms with Gasteiger partial charge in [-0.1, -0.05) is 12.1 Å². The van der Waals surface area contributed by atoms with Crippen LogP contribution in [0.25, 0.3) is 0 Å². The summed E-state index contributed by atoms with van der Waals surface area (Å²) in [7, 11) is 1.61. The van der Waals surface area contributed by atoms with Gasteiger partial charge >= 0.3 is 0 Å². The van der Waals surface area contributed by atoms with E-state index in [0.717, 1.165) is 0 Å². The Bertz CT molecular complexity index is 328. The number of hydrogen-bond acceptors (Lipinski definition) is 4. The largest absolute Gasteiger partial charge is 0.493 e. The molecule has 2 N–H and O–H groups in total. The van der Waals surface area contributed by atoms with Crippen LogP contribution >= 0.6 is 0 Å². The molecular weight excluding hydrogens is 218 g/mol. The lowest BCUT2D eigenvalue weighted by Gasteiger charge is -2.16. The fraction of sp³-hybridized carbons (Fsp3) is 0.538. The van der Waals surface area contributed by atoms with E-state index in [0.29, 0.717) is 24.5 Å². The molecule has 0 spiro atoms. The van der Waals surface area contributed by atoms with Crippen molar-refractivity contribution in [2.24, 2.45) is 0 Å². The van der Waals surface area contributed by atoms with Crippen LogP contribution in [0, 0.1) is 0 Å². The minimum absolute atomic E-state index is 0.260. The molecule has 1 aromatic carbocycles. The number of para-hydroxylation sites is 2. The summed E-state index contributed by atoms with van der Waals surface area (Å²) in [5.74, 6) is 1.41. The molecule has 1 atom stereocenters. The van der Waals surface area contributed by atoms with Crippen LogP contribution in [-0.2, 0) is 0 Å². The van der Waals surface area contributed by atoms with E-state index in [-0.39, 0.29) is 6.04 Å². The molecule has 1 aromatic rings. The van der Waals surface area contributed by atoms with Crippen LogP contribution in [0.5, 0.6) is 11.5 Å². The van der Waals surface area contributed by atoms with Gasteiger partial charge in [0, 0.05) is 12.5 Å². The average molecular weight is 239 g/mol. The highest BCUT2D eigenvalue weighted by molar-refractivity contribution is 5.39. The number of ether oxygens (including phenoxy) is 2. The fourth-order valence-electron chi connectivity index (χ4n) is 1.49. The smallest absolute Gasteiger partial charge is 0.161 e. The van der Waals surface area contributed by atoms with Crippen molar-refractivity contribution in [2.45, 2.75) is 32.5 Å². The Hall–Kier alpha value is -1.26. The summed E-state index contributed by atoms with van der Waals surface area (Å²) in [4.78, 5) is 0. The molecule has 0 saturated carbocycles. The number of methoxy groups -OCH3 is 1. The molecule has 0 bridgehead atoms. The van der Waals surface area contributed by atoms with E-state index in [4.69, 9.17) is 9.47 Å². The van der Waals surface area contributed by atoms with Crippen LogP contribution in [0.1, 0.15) is 20.3 Å². The summed E-state index contributed by atoms with van der Waals surface area (Å²) in [6.07, 6.45) is 0.000617. The number of rotatable bonds is 7. The Morgan fingerprint density at radius 3 is 2.47 bits per heavy atom. The van der Waals surface area contributed by atoms with Crippen molar-refractivity contribution in [1.29, 1.82) is 0 Å². The van der Waals surface area contributed by atoms with Crippen LogP contribution in [-0.4, -0.2) is 31.1 Å². The molecule has 1 rings (SSSR count). The molecule has 0 aliphatic rings. The second-order valence-corrected chi connectivity index (χ2v) is 4.13. The fourth-order valence-corrected chi connectivity index (χ4v) is 1.49. The van der Waals surface area contributed by atoms with Gasteiger partial charge in [0.2, 0.25) is 0 Å². The highest BCUT2D eigenvalue weighted by Gasteiger charge is 2.07. The van der Waals surface area contributed by atoms with Gasteiger partial charge in [-0.3, -0.25) is 5.32 Å². The van der Waals surface area contributed by atoms with Gasteiger partial charge in [0.15, 0.2) is 11.5 Å². The van der Waals surface area contributed by atoms with E-state index in [9.17, 15) is 5.11 Å². The van der Waals surface area contributed by atoms with Gasteiger partial charge in [0.05, 0.1) is 13.7 Å². The number of aliphatic hydroxyl groups is 1. The molecule has 1 unspecified atom stereocenters. The third kappa shape index (κ3) is 5.06. The van der Waals surface area contributed by atoms with Crippen LogP contribution in [0.4, 0.5) is 0 Å². The molecule has 0 heterocycles. The monoisotopic (exact) mass is 239 g/mol. The predicted octanol–water partition coefficient (Wildman–Crippen LogP) is 1.78. The van der Waals surface area contributed by atoms with Crippen molar-refractivity contribution >= 4 is 0 Å². The van der Waals surface area contributed by atoms with Gasteiger partial charge in [-0.05, 0) is 26.0 Å². The lowest BCUT2D eigenvalue weighted by molar-refractivity contribution is 0.0989. The van der Waals surface area contributed by atoms with Crippen molar-refractivity contribution in [1.82, 2.24) is 5.32 Å². The molecule has 4 heteroatoms. The zero-order chi connectivity index (χ0) is 12.7. The maximum atomic E-state index is 9.60. The highest BCUT2D eigenvalue weighted by Crippen LogP contribution is 2.25. The molecule has 0 aliphatic carbocycles. The number of aliphatic hydroxyl groups excluding tert-OH is 1. The molecule has 17 heavy (non-hydrogen) atoms. The first kappa shape index (κ1) is 13.8. The molecule has 0 aliphatic heterocycles. The van der Waals surface area contributed by atoms with E-state index < -0.39 is 6.23 Å². The first-order chi connectivity index (χ1) is 8.13. The van der Waals surface area contributed by atoms with Gasteiger partial charge in [-0.25, -0.2) is 0 Å². The molecule has 96 valence electrons. The first-order valence-electron chi connectivity index (χ1n) is 5.83. The second-order valence-electron chi connectivity index (χ2n) is 4.13. The maximum absolute atomic E-state index is 9.60. The normalized spacial score (nSPS) is 12.5.